The van der Waals surface area contributed by atoms with Gasteiger partial charge < -0.3 is 20.9 Å². The third kappa shape index (κ3) is 5.14. The summed E-state index contributed by atoms with van der Waals surface area (Å²) < 4.78 is 32.8. The van der Waals surface area contributed by atoms with Crippen molar-refractivity contribution in [2.24, 2.45) is 11.7 Å². The van der Waals surface area contributed by atoms with Gasteiger partial charge in [-0.1, -0.05) is 13.8 Å². The highest BCUT2D eigenvalue weighted by molar-refractivity contribution is 5.84. The maximum absolute atomic E-state index is 13.8. The van der Waals surface area contributed by atoms with E-state index in [1.165, 1.54) is 0 Å². The monoisotopic (exact) mass is 309 g/mol. The third-order valence-corrected chi connectivity index (χ3v) is 3.63. The van der Waals surface area contributed by atoms with Gasteiger partial charge in [-0.2, -0.15) is 8.78 Å². The molecule has 0 aromatic rings. The molecule has 1 amide bonds. The van der Waals surface area contributed by atoms with Crippen molar-refractivity contribution in [3.8, 4) is 0 Å². The average molecular weight is 309 g/mol. The van der Waals surface area contributed by atoms with Crippen molar-refractivity contribution in [1.82, 2.24) is 10.2 Å². The molecule has 0 aromatic heterocycles. The first-order valence-corrected chi connectivity index (χ1v) is 7.16. The zero-order valence-corrected chi connectivity index (χ0v) is 12.5. The van der Waals surface area contributed by atoms with Crippen LogP contribution in [0.5, 0.6) is 0 Å². The van der Waals surface area contributed by atoms with Crippen LogP contribution in [0.25, 0.3) is 0 Å². The second-order valence-corrected chi connectivity index (χ2v) is 5.60. The number of aliphatic hydroxyl groups is 1. The summed E-state index contributed by atoms with van der Waals surface area (Å²) in [5.41, 5.74) is 5.50. The van der Waals surface area contributed by atoms with Crippen LogP contribution in [-0.4, -0.2) is 73.4 Å². The van der Waals surface area contributed by atoms with E-state index >= 15 is 0 Å². The lowest BCUT2D eigenvalue weighted by Gasteiger charge is -2.29. The Morgan fingerprint density at radius 2 is 2.00 bits per heavy atom. The minimum Gasteiger partial charge on any atom is -0.385 e. The topological polar surface area (TPSA) is 87.8 Å². The summed E-state index contributed by atoms with van der Waals surface area (Å²) in [6.07, 6.45) is -2.19. The predicted molar refractivity (Wildman–Crippen MR) is 74.0 cm³/mol. The van der Waals surface area contributed by atoms with Gasteiger partial charge in [-0.25, -0.2) is 0 Å². The van der Waals surface area contributed by atoms with Crippen LogP contribution < -0.4 is 11.1 Å². The number of nitrogens with zero attached hydrogens (tertiary/aromatic N) is 1. The van der Waals surface area contributed by atoms with Gasteiger partial charge in [0.25, 0.3) is 5.91 Å². The fraction of sp³-hybridized carbons (Fsp3) is 0.923. The van der Waals surface area contributed by atoms with E-state index in [1.807, 2.05) is 4.90 Å². The largest absolute Gasteiger partial charge is 0.385 e. The molecule has 0 aliphatic carbocycles. The molecule has 0 radical (unpaired) electrons. The molecule has 0 saturated carbocycles. The molecule has 4 N–H and O–H groups in total. The molecule has 1 rings (SSSR count). The molecule has 6 nitrogen and oxygen atoms in total. The first-order chi connectivity index (χ1) is 9.76. The van der Waals surface area contributed by atoms with E-state index in [9.17, 15) is 18.7 Å². The summed E-state index contributed by atoms with van der Waals surface area (Å²) in [6, 6.07) is -1.16. The van der Waals surface area contributed by atoms with Crippen molar-refractivity contribution in [2.75, 3.05) is 39.4 Å². The number of rotatable bonds is 7. The smallest absolute Gasteiger partial charge is 0.351 e. The van der Waals surface area contributed by atoms with Crippen molar-refractivity contribution in [3.63, 3.8) is 0 Å². The lowest BCUT2D eigenvalue weighted by Crippen LogP contribution is -2.57. The third-order valence-electron chi connectivity index (χ3n) is 3.63. The first-order valence-electron chi connectivity index (χ1n) is 7.16. The van der Waals surface area contributed by atoms with Crippen LogP contribution in [0.4, 0.5) is 8.78 Å². The van der Waals surface area contributed by atoms with Gasteiger partial charge in [0.2, 0.25) is 0 Å². The SMILES string of the molecule is CC(C)C(N)[C@@H](O)C(F)(F)C(=O)NCCN1CCOCC1. The highest BCUT2D eigenvalue weighted by Gasteiger charge is 2.49. The van der Waals surface area contributed by atoms with E-state index in [-0.39, 0.29) is 12.5 Å². The van der Waals surface area contributed by atoms with Gasteiger partial charge in [0, 0.05) is 32.2 Å². The molecule has 1 saturated heterocycles. The van der Waals surface area contributed by atoms with Gasteiger partial charge >= 0.3 is 5.92 Å². The number of morpholine rings is 1. The molecule has 1 unspecified atom stereocenters. The number of alkyl halides is 2. The Labute approximate surface area is 123 Å². The Morgan fingerprint density at radius 1 is 1.43 bits per heavy atom. The number of hydrogen-bond acceptors (Lipinski definition) is 5. The molecule has 124 valence electrons. The number of halogens is 2. The minimum absolute atomic E-state index is 0.0953. The molecule has 0 aromatic carbocycles. The Bertz CT molecular complexity index is 337. The maximum Gasteiger partial charge on any atom is 0.351 e. The molecular formula is C13H25F2N3O3. The summed E-state index contributed by atoms with van der Waals surface area (Å²) >= 11 is 0. The van der Waals surface area contributed by atoms with Crippen LogP contribution in [0, 0.1) is 5.92 Å². The van der Waals surface area contributed by atoms with E-state index in [0.717, 1.165) is 0 Å². The number of nitrogens with one attached hydrogen (secondary N) is 1. The van der Waals surface area contributed by atoms with E-state index in [1.54, 1.807) is 13.8 Å². The number of hydrogen-bond donors (Lipinski definition) is 3. The zero-order chi connectivity index (χ0) is 16.0. The Kier molecular flexibility index (Phi) is 6.92. The number of carbonyl (C=O) groups excluding carboxylic acids is 1. The van der Waals surface area contributed by atoms with Crippen LogP contribution in [0.1, 0.15) is 13.8 Å². The van der Waals surface area contributed by atoms with Crippen molar-refractivity contribution in [1.29, 1.82) is 0 Å². The molecule has 2 atom stereocenters. The van der Waals surface area contributed by atoms with Gasteiger partial charge in [0.05, 0.1) is 13.2 Å². The van der Waals surface area contributed by atoms with E-state index in [0.29, 0.717) is 32.8 Å². The number of ether oxygens (including phenoxy) is 1. The normalized spacial score (nSPS) is 20.3. The van der Waals surface area contributed by atoms with Crippen molar-refractivity contribution < 1.29 is 23.4 Å². The molecule has 1 fully saturated rings. The zero-order valence-electron chi connectivity index (χ0n) is 12.5. The molecule has 1 heterocycles. The summed E-state index contributed by atoms with van der Waals surface area (Å²) in [5, 5.41) is 11.7. The van der Waals surface area contributed by atoms with Crippen LogP contribution in [0.2, 0.25) is 0 Å². The minimum atomic E-state index is -3.89. The van der Waals surface area contributed by atoms with Gasteiger partial charge in [0.1, 0.15) is 6.10 Å². The lowest BCUT2D eigenvalue weighted by atomic mass is 9.95. The summed E-state index contributed by atoms with van der Waals surface area (Å²) in [7, 11) is 0. The Morgan fingerprint density at radius 3 is 2.52 bits per heavy atom. The van der Waals surface area contributed by atoms with Crippen molar-refractivity contribution in [3.05, 3.63) is 0 Å². The van der Waals surface area contributed by atoms with E-state index in [4.69, 9.17) is 10.5 Å². The molecule has 21 heavy (non-hydrogen) atoms. The summed E-state index contributed by atoms with van der Waals surface area (Å²) in [6.45, 7) is 6.43. The van der Waals surface area contributed by atoms with Gasteiger partial charge in [-0.15, -0.1) is 0 Å². The van der Waals surface area contributed by atoms with E-state index in [2.05, 4.69) is 5.32 Å². The van der Waals surface area contributed by atoms with Crippen molar-refractivity contribution >= 4 is 5.91 Å². The van der Waals surface area contributed by atoms with Crippen LogP contribution >= 0.6 is 0 Å². The maximum atomic E-state index is 13.8. The lowest BCUT2D eigenvalue weighted by molar-refractivity contribution is -0.167. The second-order valence-electron chi connectivity index (χ2n) is 5.60. The first kappa shape index (κ1) is 18.2. The van der Waals surface area contributed by atoms with Crippen LogP contribution in [0.15, 0.2) is 0 Å². The van der Waals surface area contributed by atoms with Gasteiger partial charge in [-0.3, -0.25) is 9.69 Å². The van der Waals surface area contributed by atoms with E-state index < -0.39 is 24.0 Å². The fourth-order valence-electron chi connectivity index (χ4n) is 2.01. The van der Waals surface area contributed by atoms with Crippen molar-refractivity contribution in [2.45, 2.75) is 31.9 Å². The molecular weight excluding hydrogens is 284 g/mol. The highest BCUT2D eigenvalue weighted by Crippen LogP contribution is 2.23. The van der Waals surface area contributed by atoms with Crippen LogP contribution in [0.3, 0.4) is 0 Å². The number of carbonyl (C=O) groups is 1. The quantitative estimate of drug-likeness (QED) is 0.585. The van der Waals surface area contributed by atoms with Crippen LogP contribution in [-0.2, 0) is 9.53 Å². The van der Waals surface area contributed by atoms with Gasteiger partial charge in [-0.05, 0) is 5.92 Å². The molecule has 1 aliphatic rings. The Hall–Kier alpha value is -0.830. The Balaban J connectivity index is 2.41. The second kappa shape index (κ2) is 7.98. The molecule has 0 bridgehead atoms. The standard InChI is InChI=1S/C13H25F2N3O3/c1-9(2)10(16)11(19)13(14,15)12(20)17-3-4-18-5-7-21-8-6-18/h9-11,19H,3-8,16H2,1-2H3,(H,17,20)/t10?,11-/m1/s1. The van der Waals surface area contributed by atoms with Gasteiger partial charge in [0.15, 0.2) is 0 Å². The predicted octanol–water partition coefficient (Wildman–Crippen LogP) is -0.586. The number of nitrogens with two attached hydrogens (primary N) is 1. The number of amides is 1. The molecule has 1 aliphatic heterocycles. The fourth-order valence-corrected chi connectivity index (χ4v) is 2.01. The average Bonchev–Trinajstić information content (AvgIpc) is 2.46. The summed E-state index contributed by atoms with van der Waals surface area (Å²) in [4.78, 5) is 13.6. The molecule has 0 spiro atoms. The highest BCUT2D eigenvalue weighted by atomic mass is 19.3. The number of aliphatic hydroxyl groups excluding tert-OH is 1. The summed E-state index contributed by atoms with van der Waals surface area (Å²) in [5.74, 6) is -5.74. The molecule has 8 heteroatoms.